The summed E-state index contributed by atoms with van der Waals surface area (Å²) in [5, 5.41) is 7.28. The third-order valence-electron chi connectivity index (χ3n) is 9.56. The lowest BCUT2D eigenvalue weighted by Crippen LogP contribution is -2.01. The lowest BCUT2D eigenvalue weighted by Gasteiger charge is -2.15. The first-order valence-corrected chi connectivity index (χ1v) is 16.3. The molecule has 10 aromatic rings. The highest BCUT2D eigenvalue weighted by atomic mass is 15.0. The van der Waals surface area contributed by atoms with Gasteiger partial charge in [0.1, 0.15) is 0 Å². The van der Waals surface area contributed by atoms with E-state index in [2.05, 4.69) is 167 Å². The largest absolute Gasteiger partial charge is 0.309 e. The van der Waals surface area contributed by atoms with Crippen LogP contribution in [0.5, 0.6) is 0 Å². The van der Waals surface area contributed by atoms with Crippen molar-refractivity contribution < 1.29 is 0 Å². The molecule has 0 aliphatic carbocycles. The summed E-state index contributed by atoms with van der Waals surface area (Å²) < 4.78 is 4.75. The van der Waals surface area contributed by atoms with Crippen LogP contribution in [-0.4, -0.2) is 19.1 Å². The summed E-state index contributed by atoms with van der Waals surface area (Å²) in [7, 11) is 0. The van der Waals surface area contributed by atoms with E-state index in [9.17, 15) is 0 Å². The van der Waals surface area contributed by atoms with Crippen molar-refractivity contribution in [2.24, 2.45) is 0 Å². The second-order valence-corrected chi connectivity index (χ2v) is 12.3. The topological polar surface area (TPSA) is 35.6 Å². The Kier molecular flexibility index (Phi) is 5.84. The minimum absolute atomic E-state index is 0.685. The zero-order valence-electron chi connectivity index (χ0n) is 26.0. The van der Waals surface area contributed by atoms with E-state index in [1.807, 2.05) is 12.3 Å². The Morgan fingerprint density at radius 2 is 0.854 bits per heavy atom. The van der Waals surface area contributed by atoms with Gasteiger partial charge in [0.05, 0.1) is 27.8 Å². The number of nitrogens with zero attached hydrogens (tertiary/aromatic N) is 4. The third kappa shape index (κ3) is 4.03. The second kappa shape index (κ2) is 10.5. The molecule has 48 heavy (non-hydrogen) atoms. The fraction of sp³-hybridized carbons (Fsp3) is 0. The van der Waals surface area contributed by atoms with Gasteiger partial charge in [-0.05, 0) is 59.3 Å². The van der Waals surface area contributed by atoms with E-state index in [4.69, 9.17) is 9.97 Å². The molecule has 0 unspecified atom stereocenters. The summed E-state index contributed by atoms with van der Waals surface area (Å²) in [6.45, 7) is 0. The maximum atomic E-state index is 5.23. The maximum absolute atomic E-state index is 5.23. The standard InChI is InChI=1S/C44H28N4/c1-2-14-33-29(12-1)13-11-19-34(33)39-24-25-45-44(46-39)30-26-31(47-40-20-7-3-15-35(40)36-16-4-8-21-41(36)47)28-32(27-30)48-42-22-9-5-17-37(42)38-18-6-10-23-43(38)48/h1-28H. The Bertz CT molecular complexity index is 2610. The van der Waals surface area contributed by atoms with Gasteiger partial charge in [-0.3, -0.25) is 0 Å². The van der Waals surface area contributed by atoms with Crippen molar-refractivity contribution in [1.29, 1.82) is 0 Å². The number of fused-ring (bicyclic) bond motifs is 7. The normalized spacial score (nSPS) is 11.8. The number of aromatic nitrogens is 4. The molecule has 0 aliphatic heterocycles. The van der Waals surface area contributed by atoms with Crippen LogP contribution in [0.3, 0.4) is 0 Å². The quantitative estimate of drug-likeness (QED) is 0.198. The van der Waals surface area contributed by atoms with Crippen molar-refractivity contribution in [2.45, 2.75) is 0 Å². The van der Waals surface area contributed by atoms with Gasteiger partial charge in [-0.25, -0.2) is 9.97 Å². The number of para-hydroxylation sites is 4. The van der Waals surface area contributed by atoms with E-state index in [1.54, 1.807) is 0 Å². The molecule has 3 aromatic heterocycles. The van der Waals surface area contributed by atoms with E-state index >= 15 is 0 Å². The first-order chi connectivity index (χ1) is 23.8. The molecule has 7 aromatic carbocycles. The average Bonchev–Trinajstić information content (AvgIpc) is 3.68. The first-order valence-electron chi connectivity index (χ1n) is 16.3. The molecule has 0 bridgehead atoms. The smallest absolute Gasteiger partial charge is 0.159 e. The van der Waals surface area contributed by atoms with Crippen LogP contribution in [0, 0.1) is 0 Å². The van der Waals surface area contributed by atoms with Crippen LogP contribution in [0.15, 0.2) is 170 Å². The Morgan fingerprint density at radius 1 is 0.396 bits per heavy atom. The number of hydrogen-bond donors (Lipinski definition) is 0. The van der Waals surface area contributed by atoms with Crippen molar-refractivity contribution in [1.82, 2.24) is 19.1 Å². The molecule has 0 atom stereocenters. The maximum Gasteiger partial charge on any atom is 0.159 e. The lowest BCUT2D eigenvalue weighted by atomic mass is 10.0. The summed E-state index contributed by atoms with van der Waals surface area (Å²) in [6, 6.07) is 58.3. The van der Waals surface area contributed by atoms with Gasteiger partial charge in [0.2, 0.25) is 0 Å². The summed E-state index contributed by atoms with van der Waals surface area (Å²) in [6.07, 6.45) is 1.88. The molecule has 3 heterocycles. The van der Waals surface area contributed by atoms with Gasteiger partial charge in [0.15, 0.2) is 5.82 Å². The number of hydrogen-bond acceptors (Lipinski definition) is 2. The molecular formula is C44H28N4. The minimum Gasteiger partial charge on any atom is -0.309 e. The van der Waals surface area contributed by atoms with Crippen LogP contribution in [0.1, 0.15) is 0 Å². The highest BCUT2D eigenvalue weighted by molar-refractivity contribution is 6.10. The van der Waals surface area contributed by atoms with Crippen LogP contribution in [0.25, 0.3) is 88.4 Å². The van der Waals surface area contributed by atoms with Gasteiger partial charge in [0, 0.05) is 50.2 Å². The van der Waals surface area contributed by atoms with Crippen molar-refractivity contribution in [3.05, 3.63) is 170 Å². The molecule has 0 aliphatic rings. The van der Waals surface area contributed by atoms with Gasteiger partial charge in [-0.2, -0.15) is 0 Å². The van der Waals surface area contributed by atoms with Crippen LogP contribution in [0.4, 0.5) is 0 Å². The fourth-order valence-corrected chi connectivity index (χ4v) is 7.48. The average molecular weight is 613 g/mol. The van der Waals surface area contributed by atoms with Gasteiger partial charge >= 0.3 is 0 Å². The zero-order valence-corrected chi connectivity index (χ0v) is 26.0. The fourth-order valence-electron chi connectivity index (χ4n) is 7.48. The van der Waals surface area contributed by atoms with Crippen LogP contribution in [-0.2, 0) is 0 Å². The van der Waals surface area contributed by atoms with Gasteiger partial charge in [0.25, 0.3) is 0 Å². The number of benzene rings is 7. The van der Waals surface area contributed by atoms with Crippen LogP contribution in [0.2, 0.25) is 0 Å². The molecule has 0 N–H and O–H groups in total. The SMILES string of the molecule is c1ccc2c(-c3ccnc(-c4cc(-n5c6ccccc6c6ccccc65)cc(-n5c6ccccc6c6ccccc65)c4)n3)cccc2c1. The monoisotopic (exact) mass is 612 g/mol. The lowest BCUT2D eigenvalue weighted by molar-refractivity contribution is 1.12. The molecule has 10 rings (SSSR count). The first kappa shape index (κ1) is 26.7. The summed E-state index contributed by atoms with van der Waals surface area (Å²) in [5.41, 5.74) is 9.71. The van der Waals surface area contributed by atoms with E-state index in [0.717, 1.165) is 50.3 Å². The van der Waals surface area contributed by atoms with Crippen LogP contribution >= 0.6 is 0 Å². The van der Waals surface area contributed by atoms with Crippen LogP contribution < -0.4 is 0 Å². The van der Waals surface area contributed by atoms with E-state index in [0.29, 0.717) is 5.82 Å². The Balaban J connectivity index is 1.28. The highest BCUT2D eigenvalue weighted by Crippen LogP contribution is 2.37. The van der Waals surface area contributed by atoms with Crippen molar-refractivity contribution in [3.63, 3.8) is 0 Å². The molecule has 0 saturated carbocycles. The Morgan fingerprint density at radius 3 is 1.40 bits per heavy atom. The van der Waals surface area contributed by atoms with Crippen molar-refractivity contribution in [2.75, 3.05) is 0 Å². The predicted molar refractivity (Wildman–Crippen MR) is 199 cm³/mol. The molecule has 224 valence electrons. The Labute approximate surface area is 276 Å². The van der Waals surface area contributed by atoms with E-state index in [1.165, 1.54) is 32.3 Å². The minimum atomic E-state index is 0.685. The zero-order chi connectivity index (χ0) is 31.6. The Hall–Kier alpha value is -6.52. The molecule has 4 heteroatoms. The van der Waals surface area contributed by atoms with E-state index < -0.39 is 0 Å². The molecule has 4 nitrogen and oxygen atoms in total. The molecular weight excluding hydrogens is 585 g/mol. The summed E-state index contributed by atoms with van der Waals surface area (Å²) in [4.78, 5) is 10.1. The third-order valence-corrected chi connectivity index (χ3v) is 9.56. The number of rotatable bonds is 4. The molecule has 0 saturated heterocycles. The summed E-state index contributed by atoms with van der Waals surface area (Å²) >= 11 is 0. The van der Waals surface area contributed by atoms with Gasteiger partial charge in [-0.15, -0.1) is 0 Å². The molecule has 0 amide bonds. The van der Waals surface area contributed by atoms with E-state index in [-0.39, 0.29) is 0 Å². The molecule has 0 spiro atoms. The van der Waals surface area contributed by atoms with Gasteiger partial charge in [-0.1, -0.05) is 115 Å². The molecule has 0 fully saturated rings. The highest BCUT2D eigenvalue weighted by Gasteiger charge is 2.18. The predicted octanol–water partition coefficient (Wildman–Crippen LogP) is 11.2. The van der Waals surface area contributed by atoms with Crippen molar-refractivity contribution >= 4 is 54.4 Å². The van der Waals surface area contributed by atoms with Crippen molar-refractivity contribution in [3.8, 4) is 34.0 Å². The second-order valence-electron chi connectivity index (χ2n) is 12.3. The summed E-state index contributed by atoms with van der Waals surface area (Å²) in [5.74, 6) is 0.685. The molecule has 0 radical (unpaired) electrons. The van der Waals surface area contributed by atoms with Gasteiger partial charge < -0.3 is 9.13 Å².